The number of nitrogen functional groups attached to an aromatic ring is 4. The molecule has 0 spiro atoms. The SMILES string of the molecule is Nc1ccn([C@H]2C[C@H](OP(=O)(O)OC[C@H]3O[C@@H](n4cnc5c(N)ncnc54)C[C@@H]3OP(=O)(O)OC[C@H]3O[C@@H](n4cnc5c(=O)[nH]c(N)nc54)C[C@@H]3OP(=O)(O)OC[C@H]3O[C@@H](n4ccc(N)nc4=O)C[C@@H]3O)[C@@H](COP(=O)(O)O)O2)c(=O)n1. The van der Waals surface area contributed by atoms with Crippen molar-refractivity contribution in [3.8, 4) is 0 Å². The van der Waals surface area contributed by atoms with Crippen molar-refractivity contribution in [1.82, 2.24) is 58.1 Å². The number of anilines is 4. The molecule has 3 unspecified atom stereocenters. The van der Waals surface area contributed by atoms with Gasteiger partial charge in [-0.05, 0) is 12.1 Å². The molecule has 4 saturated heterocycles. The standard InChI is InChI=1S/C38H50N16O24P4/c39-24-1-3-51(37(57)47-24)26-5-16(55)20(72-26)9-69-80(62,63)77-19-8-29(54-15-46-31-34(54)49-36(42)50-35(31)56)75-23(19)12-71-82(66,67)78-18-7-28(53-14-45-30-32(41)43-13-44-33(30)53)74-22(18)11-70-81(64,65)76-17-6-27(52-4-2-25(40)48-38(52)58)73-21(17)10-68-79(59,60)61/h1-4,13-23,26-29,55H,5-12H2,(H,62,63)(H,64,65)(H,66,67)(H2,39,47,57)(H2,40,48,58)(H2,41,43,44)(H2,59,60,61)(H3,42,49,50,56)/t16-,17-,18-,19-,20+,21+,22+,23+,26+,27+,28+,29+/m0/s1. The summed E-state index contributed by atoms with van der Waals surface area (Å²) < 4.78 is 118. The molecule has 0 aliphatic carbocycles. The number of nitrogens with one attached hydrogen (secondary N) is 1. The number of imidazole rings is 2. The highest BCUT2D eigenvalue weighted by molar-refractivity contribution is 7.48. The quantitative estimate of drug-likeness (QED) is 0.0325. The zero-order valence-corrected chi connectivity index (χ0v) is 45.3. The molecule has 446 valence electrons. The Balaban J connectivity index is 0.849. The monoisotopic (exact) mass is 1240 g/mol. The Morgan fingerprint density at radius 1 is 0.549 bits per heavy atom. The van der Waals surface area contributed by atoms with Gasteiger partial charge in [-0.2, -0.15) is 15.0 Å². The summed E-state index contributed by atoms with van der Waals surface area (Å²) in [6, 6.07) is 2.56. The molecule has 4 fully saturated rings. The number of hydrogen-bond acceptors (Lipinski definition) is 30. The smallest absolute Gasteiger partial charge is 0.390 e. The van der Waals surface area contributed by atoms with Gasteiger partial charge < -0.3 is 71.5 Å². The average Bonchev–Trinajstić information content (AvgIpc) is 4.32. The number of hydrogen-bond donors (Lipinski definition) is 11. The van der Waals surface area contributed by atoms with Crippen molar-refractivity contribution in [2.24, 2.45) is 0 Å². The van der Waals surface area contributed by atoms with Gasteiger partial charge in [-0.25, -0.2) is 47.8 Å². The summed E-state index contributed by atoms with van der Waals surface area (Å²) in [7, 11) is -21.1. The first kappa shape index (κ1) is 59.3. The van der Waals surface area contributed by atoms with Crippen LogP contribution in [-0.2, 0) is 68.9 Å². The van der Waals surface area contributed by atoms with Crippen LogP contribution in [0, 0.1) is 0 Å². The largest absolute Gasteiger partial charge is 0.472 e. The van der Waals surface area contributed by atoms with Gasteiger partial charge in [0.2, 0.25) is 5.95 Å². The number of nitrogens with zero attached hydrogens (tertiary/aromatic N) is 11. The Bertz CT molecular complexity index is 3730. The minimum atomic E-state index is -5.41. The van der Waals surface area contributed by atoms with E-state index in [0.717, 1.165) is 21.8 Å². The van der Waals surface area contributed by atoms with Crippen LogP contribution in [0.2, 0.25) is 0 Å². The molecule has 6 aromatic rings. The maximum absolute atomic E-state index is 14.1. The van der Waals surface area contributed by atoms with Crippen molar-refractivity contribution in [1.29, 1.82) is 0 Å². The van der Waals surface area contributed by atoms with E-state index in [-0.39, 0.29) is 65.0 Å². The Hall–Kier alpha value is -5.90. The molecule has 4 aliphatic rings. The van der Waals surface area contributed by atoms with Gasteiger partial charge in [0.15, 0.2) is 22.6 Å². The van der Waals surface area contributed by atoms with Crippen LogP contribution < -0.4 is 39.9 Å². The lowest BCUT2D eigenvalue weighted by atomic mass is 10.2. The number of rotatable bonds is 22. The molecular weight excluding hydrogens is 1190 g/mol. The molecule has 40 nitrogen and oxygen atoms in total. The average molecular weight is 1240 g/mol. The van der Waals surface area contributed by atoms with Gasteiger partial charge in [-0.15, -0.1) is 0 Å². The minimum absolute atomic E-state index is 0.0264. The number of phosphoric acid groups is 4. The molecule has 4 aliphatic heterocycles. The lowest BCUT2D eigenvalue weighted by molar-refractivity contribution is -0.0624. The molecule has 0 saturated carbocycles. The second-order valence-electron chi connectivity index (χ2n) is 18.5. The molecule has 0 amide bonds. The van der Waals surface area contributed by atoms with E-state index in [1.54, 1.807) is 0 Å². The Kier molecular flexibility index (Phi) is 16.8. The van der Waals surface area contributed by atoms with E-state index < -0.39 is 155 Å². The first-order chi connectivity index (χ1) is 38.7. The van der Waals surface area contributed by atoms with Gasteiger partial charge >= 0.3 is 42.7 Å². The van der Waals surface area contributed by atoms with Crippen molar-refractivity contribution < 1.29 is 98.4 Å². The molecule has 15 atom stereocenters. The molecule has 0 bridgehead atoms. The maximum Gasteiger partial charge on any atom is 0.472 e. The van der Waals surface area contributed by atoms with E-state index in [4.69, 9.17) is 69.0 Å². The van der Waals surface area contributed by atoms with Gasteiger partial charge in [0.25, 0.3) is 5.56 Å². The number of ether oxygens (including phenoxy) is 4. The first-order valence-electron chi connectivity index (χ1n) is 24.0. The van der Waals surface area contributed by atoms with Crippen molar-refractivity contribution >= 4 is 77.0 Å². The van der Waals surface area contributed by atoms with Crippen LogP contribution in [0.5, 0.6) is 0 Å². The first-order valence-corrected chi connectivity index (χ1v) is 30.0. The zero-order valence-electron chi connectivity index (χ0n) is 41.7. The molecule has 82 heavy (non-hydrogen) atoms. The predicted octanol–water partition coefficient (Wildman–Crippen LogP) is -2.07. The fraction of sp³-hybridized carbons (Fsp3) is 0.526. The molecule has 10 rings (SSSR count). The van der Waals surface area contributed by atoms with Crippen LogP contribution in [0.15, 0.2) is 57.9 Å². The van der Waals surface area contributed by atoms with Crippen LogP contribution in [0.4, 0.5) is 23.4 Å². The summed E-state index contributed by atoms with van der Waals surface area (Å²) in [6.07, 6.45) is -12.2. The van der Waals surface area contributed by atoms with Crippen molar-refractivity contribution in [3.05, 3.63) is 74.8 Å². The summed E-state index contributed by atoms with van der Waals surface area (Å²) in [5, 5.41) is 10.7. The third kappa shape index (κ3) is 13.5. The summed E-state index contributed by atoms with van der Waals surface area (Å²) in [6.45, 7) is -3.61. The highest BCUT2D eigenvalue weighted by Crippen LogP contribution is 2.54. The van der Waals surface area contributed by atoms with Gasteiger partial charge in [0.1, 0.15) is 91.1 Å². The predicted molar refractivity (Wildman–Crippen MR) is 268 cm³/mol. The van der Waals surface area contributed by atoms with Crippen molar-refractivity contribution in [2.75, 3.05) is 49.4 Å². The number of aliphatic hydroxyl groups is 1. The Morgan fingerprint density at radius 3 is 1.46 bits per heavy atom. The number of H-pyrrole nitrogens is 1. The fourth-order valence-electron chi connectivity index (χ4n) is 9.23. The molecule has 10 heterocycles. The topological polar surface area (TPSA) is 572 Å². The third-order valence-electron chi connectivity index (χ3n) is 12.9. The molecule has 15 N–H and O–H groups in total. The van der Waals surface area contributed by atoms with Crippen LogP contribution in [-0.4, -0.2) is 163 Å². The van der Waals surface area contributed by atoms with E-state index >= 15 is 0 Å². The number of aromatic nitrogens is 12. The summed E-state index contributed by atoms with van der Waals surface area (Å²) in [4.78, 5) is 120. The molecular formula is C38H50N16O24P4. The Labute approximate surface area is 456 Å². The number of phosphoric ester groups is 4. The highest BCUT2D eigenvalue weighted by atomic mass is 31.2. The molecule has 44 heteroatoms. The number of aliphatic hydroxyl groups excluding tert-OH is 1. The van der Waals surface area contributed by atoms with Crippen molar-refractivity contribution in [2.45, 2.75) is 99.4 Å². The van der Waals surface area contributed by atoms with E-state index in [1.165, 1.54) is 40.0 Å². The van der Waals surface area contributed by atoms with Crippen molar-refractivity contribution in [3.63, 3.8) is 0 Å². The van der Waals surface area contributed by atoms with Gasteiger partial charge in [0, 0.05) is 38.1 Å². The van der Waals surface area contributed by atoms with Crippen LogP contribution in [0.25, 0.3) is 22.3 Å². The van der Waals surface area contributed by atoms with E-state index in [1.807, 2.05) is 0 Å². The molecule has 6 aromatic heterocycles. The normalized spacial score (nSPS) is 29.1. The lowest BCUT2D eigenvalue weighted by Gasteiger charge is -2.25. The number of fused-ring (bicyclic) bond motifs is 2. The van der Waals surface area contributed by atoms with Crippen LogP contribution in [0.1, 0.15) is 50.6 Å². The van der Waals surface area contributed by atoms with Gasteiger partial charge in [-0.1, -0.05) is 0 Å². The van der Waals surface area contributed by atoms with Crippen LogP contribution in [0.3, 0.4) is 0 Å². The lowest BCUT2D eigenvalue weighted by Crippen LogP contribution is -2.31. The third-order valence-corrected chi connectivity index (χ3v) is 16.5. The summed E-state index contributed by atoms with van der Waals surface area (Å²) >= 11 is 0. The van der Waals surface area contributed by atoms with E-state index in [9.17, 15) is 62.2 Å². The van der Waals surface area contributed by atoms with E-state index in [0.29, 0.717) is 0 Å². The minimum Gasteiger partial charge on any atom is -0.390 e. The molecule has 0 radical (unpaired) electrons. The number of aromatic amines is 1. The fourth-order valence-corrected chi connectivity index (χ4v) is 12.5. The molecule has 0 aromatic carbocycles. The highest BCUT2D eigenvalue weighted by Gasteiger charge is 2.49. The summed E-state index contributed by atoms with van der Waals surface area (Å²) in [5.74, 6) is -0.555. The van der Waals surface area contributed by atoms with Gasteiger partial charge in [-0.3, -0.25) is 59.7 Å². The second-order valence-corrected chi connectivity index (χ2v) is 23.9. The van der Waals surface area contributed by atoms with Gasteiger partial charge in [0.05, 0.1) is 45.2 Å². The maximum atomic E-state index is 14.1. The summed E-state index contributed by atoms with van der Waals surface area (Å²) in [5.41, 5.74) is 20.5. The number of nitrogens with two attached hydrogens (primary N) is 4. The van der Waals surface area contributed by atoms with Crippen LogP contribution >= 0.6 is 31.3 Å². The second kappa shape index (κ2) is 23.3. The Morgan fingerprint density at radius 2 is 0.976 bits per heavy atom. The zero-order chi connectivity index (χ0) is 58.6. The van der Waals surface area contributed by atoms with E-state index in [2.05, 4.69) is 44.4 Å².